The predicted octanol–water partition coefficient (Wildman–Crippen LogP) is 4.88. The molecule has 2 aromatic rings. The number of hydrogen-bond donors (Lipinski definition) is 1. The van der Waals surface area contributed by atoms with Crippen LogP contribution in [-0.4, -0.2) is 6.54 Å². The lowest BCUT2D eigenvalue weighted by atomic mass is 10.2. The van der Waals surface area contributed by atoms with Gasteiger partial charge in [-0.3, -0.25) is 0 Å². The van der Waals surface area contributed by atoms with E-state index in [0.717, 1.165) is 16.7 Å². The zero-order valence-corrected chi connectivity index (χ0v) is 11.9. The lowest BCUT2D eigenvalue weighted by Gasteiger charge is -2.06. The maximum Gasteiger partial charge on any atom is 0.0487 e. The van der Waals surface area contributed by atoms with Gasteiger partial charge in [-0.1, -0.05) is 48.6 Å². The van der Waals surface area contributed by atoms with E-state index >= 15 is 0 Å². The normalized spacial score (nSPS) is 10.8. The molecule has 0 aliphatic rings. The maximum absolute atomic E-state index is 3.56. The highest BCUT2D eigenvalue weighted by atomic mass is 79.9. The Balaban J connectivity index is 1.91. The average molecular weight is 302 g/mol. The van der Waals surface area contributed by atoms with Crippen LogP contribution in [0.3, 0.4) is 0 Å². The van der Waals surface area contributed by atoms with E-state index in [2.05, 4.69) is 70.7 Å². The summed E-state index contributed by atoms with van der Waals surface area (Å²) in [7, 11) is 0. The van der Waals surface area contributed by atoms with Crippen LogP contribution >= 0.6 is 15.9 Å². The largest absolute Gasteiger partial charge is 0.381 e. The first-order valence-electron chi connectivity index (χ1n) is 5.97. The average Bonchev–Trinajstić information content (AvgIpc) is 2.38. The fraction of sp³-hybridized carbons (Fsp3) is 0.125. The molecular weight excluding hydrogens is 286 g/mol. The summed E-state index contributed by atoms with van der Waals surface area (Å²) in [5.74, 6) is 0. The van der Waals surface area contributed by atoms with Gasteiger partial charge in [-0.25, -0.2) is 0 Å². The molecule has 0 atom stereocenters. The molecule has 0 aliphatic heterocycles. The SMILES string of the molecule is Cc1ccc(NCC=Cc2ccccc2)c(Br)c1. The third kappa shape index (κ3) is 3.74. The van der Waals surface area contributed by atoms with Gasteiger partial charge in [0.05, 0.1) is 0 Å². The minimum Gasteiger partial charge on any atom is -0.381 e. The molecule has 1 N–H and O–H groups in total. The van der Waals surface area contributed by atoms with Gasteiger partial charge in [-0.15, -0.1) is 0 Å². The number of anilines is 1. The first-order chi connectivity index (χ1) is 8.75. The Hall–Kier alpha value is -1.54. The fourth-order valence-electron chi connectivity index (χ4n) is 1.69. The molecule has 0 saturated carbocycles. The molecule has 0 aromatic heterocycles. The summed E-state index contributed by atoms with van der Waals surface area (Å²) in [5.41, 5.74) is 3.60. The molecule has 0 aliphatic carbocycles. The van der Waals surface area contributed by atoms with Crippen LogP contribution in [-0.2, 0) is 0 Å². The standard InChI is InChI=1S/C16H16BrN/c1-13-9-10-16(15(17)12-13)18-11-5-8-14-6-3-2-4-7-14/h2-10,12,18H,11H2,1H3. The van der Waals surface area contributed by atoms with Crippen molar-refractivity contribution in [3.05, 3.63) is 70.2 Å². The predicted molar refractivity (Wildman–Crippen MR) is 82.8 cm³/mol. The second-order valence-electron chi connectivity index (χ2n) is 4.18. The van der Waals surface area contributed by atoms with E-state index in [0.29, 0.717) is 0 Å². The van der Waals surface area contributed by atoms with E-state index in [9.17, 15) is 0 Å². The van der Waals surface area contributed by atoms with Crippen molar-refractivity contribution in [3.8, 4) is 0 Å². The second kappa shape index (κ2) is 6.41. The van der Waals surface area contributed by atoms with Crippen molar-refractivity contribution in [3.63, 3.8) is 0 Å². The summed E-state index contributed by atoms with van der Waals surface area (Å²) in [6.07, 6.45) is 4.25. The van der Waals surface area contributed by atoms with Gasteiger partial charge in [-0.2, -0.15) is 0 Å². The second-order valence-corrected chi connectivity index (χ2v) is 5.03. The zero-order chi connectivity index (χ0) is 12.8. The molecule has 1 nitrogen and oxygen atoms in total. The van der Waals surface area contributed by atoms with Gasteiger partial charge in [0, 0.05) is 16.7 Å². The van der Waals surface area contributed by atoms with Gasteiger partial charge in [0.1, 0.15) is 0 Å². The minimum atomic E-state index is 0.816. The van der Waals surface area contributed by atoms with Crippen molar-refractivity contribution >= 4 is 27.7 Å². The first-order valence-corrected chi connectivity index (χ1v) is 6.76. The third-order valence-corrected chi connectivity index (χ3v) is 3.30. The Morgan fingerprint density at radius 3 is 2.61 bits per heavy atom. The summed E-state index contributed by atoms with van der Waals surface area (Å²) in [6.45, 7) is 2.90. The molecule has 0 amide bonds. The van der Waals surface area contributed by atoms with Crippen molar-refractivity contribution in [2.45, 2.75) is 6.92 Å². The molecule has 0 heterocycles. The highest BCUT2D eigenvalue weighted by Crippen LogP contribution is 2.23. The molecule has 18 heavy (non-hydrogen) atoms. The number of hydrogen-bond acceptors (Lipinski definition) is 1. The van der Waals surface area contributed by atoms with E-state index < -0.39 is 0 Å². The van der Waals surface area contributed by atoms with Crippen molar-refractivity contribution in [1.29, 1.82) is 0 Å². The Kier molecular flexibility index (Phi) is 4.59. The van der Waals surface area contributed by atoms with Gasteiger partial charge in [0.25, 0.3) is 0 Å². The molecule has 0 radical (unpaired) electrons. The molecular formula is C16H16BrN. The van der Waals surface area contributed by atoms with Crippen molar-refractivity contribution in [2.24, 2.45) is 0 Å². The lowest BCUT2D eigenvalue weighted by Crippen LogP contribution is -1.98. The first kappa shape index (κ1) is 12.9. The number of aryl methyl sites for hydroxylation is 1. The van der Waals surface area contributed by atoms with Crippen LogP contribution < -0.4 is 5.32 Å². The molecule has 0 saturated heterocycles. The monoisotopic (exact) mass is 301 g/mol. The number of nitrogens with one attached hydrogen (secondary N) is 1. The summed E-state index contributed by atoms with van der Waals surface area (Å²) in [5, 5.41) is 3.38. The molecule has 0 spiro atoms. The van der Waals surface area contributed by atoms with Crippen molar-refractivity contribution < 1.29 is 0 Å². The highest BCUT2D eigenvalue weighted by Gasteiger charge is 1.97. The maximum atomic E-state index is 3.56. The topological polar surface area (TPSA) is 12.0 Å². The number of rotatable bonds is 4. The van der Waals surface area contributed by atoms with Crippen LogP contribution in [0.15, 0.2) is 59.1 Å². The van der Waals surface area contributed by atoms with E-state index in [4.69, 9.17) is 0 Å². The van der Waals surface area contributed by atoms with Gasteiger partial charge >= 0.3 is 0 Å². The minimum absolute atomic E-state index is 0.816. The van der Waals surface area contributed by atoms with Gasteiger partial charge in [0.2, 0.25) is 0 Å². The Morgan fingerprint density at radius 1 is 1.11 bits per heavy atom. The summed E-state index contributed by atoms with van der Waals surface area (Å²) < 4.78 is 1.11. The Labute approximate surface area is 117 Å². The fourth-order valence-corrected chi connectivity index (χ4v) is 2.32. The number of halogens is 1. The molecule has 0 bridgehead atoms. The highest BCUT2D eigenvalue weighted by molar-refractivity contribution is 9.10. The Bertz CT molecular complexity index is 532. The summed E-state index contributed by atoms with van der Waals surface area (Å²) in [6, 6.07) is 16.6. The Morgan fingerprint density at radius 2 is 1.89 bits per heavy atom. The van der Waals surface area contributed by atoms with Crippen molar-refractivity contribution in [1.82, 2.24) is 0 Å². The van der Waals surface area contributed by atoms with Crippen LogP contribution in [0, 0.1) is 6.92 Å². The molecule has 2 aromatic carbocycles. The quantitative estimate of drug-likeness (QED) is 0.848. The van der Waals surface area contributed by atoms with Gasteiger partial charge < -0.3 is 5.32 Å². The number of benzene rings is 2. The van der Waals surface area contributed by atoms with E-state index in [1.54, 1.807) is 0 Å². The summed E-state index contributed by atoms with van der Waals surface area (Å²) in [4.78, 5) is 0. The third-order valence-electron chi connectivity index (χ3n) is 2.64. The zero-order valence-electron chi connectivity index (χ0n) is 10.4. The van der Waals surface area contributed by atoms with Crippen LogP contribution in [0.25, 0.3) is 6.08 Å². The summed E-state index contributed by atoms with van der Waals surface area (Å²) >= 11 is 3.56. The van der Waals surface area contributed by atoms with Crippen LogP contribution in [0.5, 0.6) is 0 Å². The molecule has 2 heteroatoms. The van der Waals surface area contributed by atoms with Gasteiger partial charge in [-0.05, 0) is 46.1 Å². The lowest BCUT2D eigenvalue weighted by molar-refractivity contribution is 1.32. The molecule has 2 rings (SSSR count). The van der Waals surface area contributed by atoms with Crippen LogP contribution in [0.2, 0.25) is 0 Å². The van der Waals surface area contributed by atoms with E-state index in [1.807, 2.05) is 18.2 Å². The smallest absolute Gasteiger partial charge is 0.0487 e. The van der Waals surface area contributed by atoms with Crippen LogP contribution in [0.1, 0.15) is 11.1 Å². The molecule has 0 unspecified atom stereocenters. The van der Waals surface area contributed by atoms with Gasteiger partial charge in [0.15, 0.2) is 0 Å². The van der Waals surface area contributed by atoms with Crippen molar-refractivity contribution in [2.75, 3.05) is 11.9 Å². The molecule has 0 fully saturated rings. The molecule has 92 valence electrons. The van der Waals surface area contributed by atoms with Crippen LogP contribution in [0.4, 0.5) is 5.69 Å². The van der Waals surface area contributed by atoms with E-state index in [1.165, 1.54) is 11.1 Å². The van der Waals surface area contributed by atoms with E-state index in [-0.39, 0.29) is 0 Å².